The van der Waals surface area contributed by atoms with Crippen LogP contribution in [-0.2, 0) is 14.6 Å². The molecule has 1 unspecified atom stereocenters. The average Bonchev–Trinajstić information content (AvgIpc) is 2.45. The van der Waals surface area contributed by atoms with Crippen LogP contribution >= 0.6 is 11.8 Å². The van der Waals surface area contributed by atoms with Crippen LogP contribution in [0.1, 0.15) is 13.3 Å². The molecule has 2 N–H and O–H groups in total. The van der Waals surface area contributed by atoms with E-state index >= 15 is 0 Å². The van der Waals surface area contributed by atoms with Crippen molar-refractivity contribution in [1.29, 1.82) is 0 Å². The summed E-state index contributed by atoms with van der Waals surface area (Å²) in [6, 6.07) is 0. The van der Waals surface area contributed by atoms with Crippen LogP contribution in [0.25, 0.3) is 0 Å². The number of nitrogens with two attached hydrogens (primary N) is 1. The number of amides is 1. The molecule has 0 aromatic heterocycles. The molecule has 1 rings (SSSR count). The molecule has 0 bridgehead atoms. The lowest BCUT2D eigenvalue weighted by Gasteiger charge is -2.05. The Morgan fingerprint density at radius 2 is 2.31 bits per heavy atom. The molecule has 0 radical (unpaired) electrons. The summed E-state index contributed by atoms with van der Waals surface area (Å²) >= 11 is 1.11. The fourth-order valence-corrected chi connectivity index (χ4v) is 4.59. The van der Waals surface area contributed by atoms with Gasteiger partial charge in [0.1, 0.15) is 0 Å². The highest BCUT2D eigenvalue weighted by atomic mass is 32.2. The van der Waals surface area contributed by atoms with Gasteiger partial charge in [-0.25, -0.2) is 13.2 Å². The fourth-order valence-electron chi connectivity index (χ4n) is 1.30. The smallest absolute Gasteiger partial charge is 0.435 e. The summed E-state index contributed by atoms with van der Waals surface area (Å²) in [7, 11) is -2.93. The standard InChI is InChI=1S/C8H14N2O4S2/c1-2-14-8(11)10-7(9)15-6-3-4-16(12,13)5-6/h6H,2-5H2,1H3,(H2,9,10,11). The summed E-state index contributed by atoms with van der Waals surface area (Å²) in [6.45, 7) is 1.90. The van der Waals surface area contributed by atoms with E-state index in [-0.39, 0.29) is 28.5 Å². The van der Waals surface area contributed by atoms with Crippen molar-refractivity contribution >= 4 is 32.9 Å². The summed E-state index contributed by atoms with van der Waals surface area (Å²) in [5.41, 5.74) is 5.49. The molecule has 6 nitrogen and oxygen atoms in total. The molecule has 1 amide bonds. The lowest BCUT2D eigenvalue weighted by atomic mass is 10.4. The van der Waals surface area contributed by atoms with E-state index in [1.54, 1.807) is 6.92 Å². The van der Waals surface area contributed by atoms with Gasteiger partial charge >= 0.3 is 6.09 Å². The van der Waals surface area contributed by atoms with Crippen LogP contribution in [0.4, 0.5) is 4.79 Å². The van der Waals surface area contributed by atoms with Gasteiger partial charge in [-0.1, -0.05) is 11.8 Å². The Hall–Kier alpha value is -0.760. The van der Waals surface area contributed by atoms with Crippen LogP contribution in [0.15, 0.2) is 4.99 Å². The second-order valence-electron chi connectivity index (χ2n) is 3.29. The molecule has 0 aromatic carbocycles. The number of nitrogens with zero attached hydrogens (tertiary/aromatic N) is 1. The predicted octanol–water partition coefficient (Wildman–Crippen LogP) is 0.378. The molecular formula is C8H14N2O4S2. The van der Waals surface area contributed by atoms with Crippen LogP contribution in [0, 0.1) is 0 Å². The van der Waals surface area contributed by atoms with E-state index in [9.17, 15) is 13.2 Å². The number of sulfone groups is 1. The second kappa shape index (κ2) is 5.53. The molecule has 1 fully saturated rings. The van der Waals surface area contributed by atoms with Crippen molar-refractivity contribution in [3.63, 3.8) is 0 Å². The van der Waals surface area contributed by atoms with Gasteiger partial charge in [-0.3, -0.25) is 0 Å². The monoisotopic (exact) mass is 266 g/mol. The highest BCUT2D eigenvalue weighted by Gasteiger charge is 2.29. The summed E-state index contributed by atoms with van der Waals surface area (Å²) in [6.07, 6.45) is -0.195. The topological polar surface area (TPSA) is 98.8 Å². The Labute approximate surface area is 98.5 Å². The summed E-state index contributed by atoms with van der Waals surface area (Å²) in [5.74, 6) is 0.272. The maximum absolute atomic E-state index is 11.2. The largest absolute Gasteiger partial charge is 0.448 e. The van der Waals surface area contributed by atoms with Crippen molar-refractivity contribution in [1.82, 2.24) is 0 Å². The number of carbonyl (C=O) groups excluding carboxylic acids is 1. The lowest BCUT2D eigenvalue weighted by Crippen LogP contribution is -2.17. The number of hydrogen-bond acceptors (Lipinski definition) is 5. The number of rotatable bonds is 2. The van der Waals surface area contributed by atoms with Crippen molar-refractivity contribution in [3.8, 4) is 0 Å². The van der Waals surface area contributed by atoms with Gasteiger partial charge in [0.15, 0.2) is 15.0 Å². The summed E-state index contributed by atoms with van der Waals surface area (Å²) in [4.78, 5) is 14.4. The maximum Gasteiger partial charge on any atom is 0.435 e. The number of amidine groups is 1. The molecule has 8 heteroatoms. The van der Waals surface area contributed by atoms with E-state index in [0.717, 1.165) is 11.8 Å². The van der Waals surface area contributed by atoms with Gasteiger partial charge < -0.3 is 10.5 Å². The van der Waals surface area contributed by atoms with Gasteiger partial charge in [0.05, 0.1) is 18.1 Å². The van der Waals surface area contributed by atoms with E-state index in [2.05, 4.69) is 9.73 Å². The quantitative estimate of drug-likeness (QED) is 0.573. The van der Waals surface area contributed by atoms with E-state index in [4.69, 9.17) is 5.73 Å². The average molecular weight is 266 g/mol. The van der Waals surface area contributed by atoms with Crippen LogP contribution in [-0.4, -0.2) is 43.0 Å². The SMILES string of the molecule is CCOC(=O)/N=C(\N)SC1CCS(=O)(=O)C1. The molecule has 16 heavy (non-hydrogen) atoms. The molecule has 0 aliphatic carbocycles. The normalized spacial score (nSPS) is 24.3. The Kier molecular flexibility index (Phi) is 4.60. The highest BCUT2D eigenvalue weighted by Crippen LogP contribution is 2.24. The van der Waals surface area contributed by atoms with E-state index in [1.165, 1.54) is 0 Å². The predicted molar refractivity (Wildman–Crippen MR) is 63.3 cm³/mol. The van der Waals surface area contributed by atoms with Gasteiger partial charge in [0, 0.05) is 5.25 Å². The highest BCUT2D eigenvalue weighted by molar-refractivity contribution is 8.15. The first-order chi connectivity index (χ1) is 7.43. The van der Waals surface area contributed by atoms with E-state index in [0.29, 0.717) is 6.42 Å². The first-order valence-corrected chi connectivity index (χ1v) is 7.51. The van der Waals surface area contributed by atoms with Crippen LogP contribution in [0.5, 0.6) is 0 Å². The lowest BCUT2D eigenvalue weighted by molar-refractivity contribution is 0.163. The maximum atomic E-state index is 11.2. The van der Waals surface area contributed by atoms with Crippen LogP contribution in [0.3, 0.4) is 0 Å². The fraction of sp³-hybridized carbons (Fsp3) is 0.750. The molecule has 1 aliphatic heterocycles. The molecule has 1 heterocycles. The number of thioether (sulfide) groups is 1. The van der Waals surface area contributed by atoms with Crippen LogP contribution in [0.2, 0.25) is 0 Å². The minimum absolute atomic E-state index is 0.0561. The Morgan fingerprint density at radius 1 is 1.62 bits per heavy atom. The number of hydrogen-bond donors (Lipinski definition) is 1. The first kappa shape index (κ1) is 13.3. The van der Waals surface area contributed by atoms with Crippen molar-refractivity contribution in [2.75, 3.05) is 18.1 Å². The minimum Gasteiger partial charge on any atom is -0.448 e. The van der Waals surface area contributed by atoms with Crippen molar-refractivity contribution < 1.29 is 17.9 Å². The molecule has 1 atom stereocenters. The van der Waals surface area contributed by atoms with Gasteiger partial charge in [0.25, 0.3) is 0 Å². The molecule has 92 valence electrons. The minimum atomic E-state index is -2.93. The van der Waals surface area contributed by atoms with Crippen molar-refractivity contribution in [2.24, 2.45) is 10.7 Å². The first-order valence-electron chi connectivity index (χ1n) is 4.81. The van der Waals surface area contributed by atoms with E-state index < -0.39 is 15.9 Å². The number of aliphatic imine (C=N–C) groups is 1. The zero-order chi connectivity index (χ0) is 12.2. The molecular weight excluding hydrogens is 252 g/mol. The van der Waals surface area contributed by atoms with Gasteiger partial charge in [-0.15, -0.1) is 0 Å². The Bertz CT molecular complexity index is 391. The molecule has 1 aliphatic rings. The second-order valence-corrected chi connectivity index (χ2v) is 6.84. The number of carbonyl (C=O) groups is 1. The molecule has 0 saturated carbocycles. The molecule has 1 saturated heterocycles. The third-order valence-electron chi connectivity index (χ3n) is 1.95. The third-order valence-corrected chi connectivity index (χ3v) is 4.99. The third kappa shape index (κ3) is 4.40. The number of ether oxygens (including phenoxy) is 1. The summed E-state index contributed by atoms with van der Waals surface area (Å²) < 4.78 is 26.9. The van der Waals surface area contributed by atoms with Crippen molar-refractivity contribution in [2.45, 2.75) is 18.6 Å². The van der Waals surface area contributed by atoms with Gasteiger partial charge in [-0.2, -0.15) is 4.99 Å². The van der Waals surface area contributed by atoms with E-state index in [1.807, 2.05) is 0 Å². The van der Waals surface area contributed by atoms with Gasteiger partial charge in [-0.05, 0) is 13.3 Å². The van der Waals surface area contributed by atoms with Crippen molar-refractivity contribution in [3.05, 3.63) is 0 Å². The van der Waals surface area contributed by atoms with Gasteiger partial charge in [0.2, 0.25) is 0 Å². The Morgan fingerprint density at radius 3 is 2.81 bits per heavy atom. The molecule has 0 aromatic rings. The summed E-state index contributed by atoms with van der Waals surface area (Å²) in [5, 5.41) is -0.0521. The molecule has 0 spiro atoms. The zero-order valence-corrected chi connectivity index (χ0v) is 10.5. The van der Waals surface area contributed by atoms with Crippen LogP contribution < -0.4 is 5.73 Å². The zero-order valence-electron chi connectivity index (χ0n) is 8.88. The Balaban J connectivity index is 2.46.